The topological polar surface area (TPSA) is 37.4 Å². The lowest BCUT2D eigenvalue weighted by molar-refractivity contribution is -0.134. The van der Waals surface area contributed by atoms with Crippen molar-refractivity contribution in [1.82, 2.24) is 9.88 Å². The molecule has 0 radical (unpaired) electrons. The maximum atomic E-state index is 12.4. The zero-order valence-electron chi connectivity index (χ0n) is 10.5. The molecule has 0 bridgehead atoms. The van der Waals surface area contributed by atoms with Crippen LogP contribution in [0.2, 0.25) is 0 Å². The standard InChI is InChI=1S/C11H16F3N3OS/c1-8(7-17-2-4-18-5-3-17)16-10-15-6-9(19-10)11(12,13)14/h6,8H,2-5,7H2,1H3,(H,15,16). The van der Waals surface area contributed by atoms with Crippen LogP contribution < -0.4 is 5.32 Å². The fourth-order valence-corrected chi connectivity index (χ4v) is 2.69. The lowest BCUT2D eigenvalue weighted by Crippen LogP contribution is -2.42. The second kappa shape index (κ2) is 6.06. The van der Waals surface area contributed by atoms with Crippen LogP contribution >= 0.6 is 11.3 Å². The number of hydrogen-bond donors (Lipinski definition) is 1. The normalized spacial score (nSPS) is 19.4. The molecular weight excluding hydrogens is 279 g/mol. The third-order valence-electron chi connectivity index (χ3n) is 2.79. The number of morpholine rings is 1. The number of halogens is 3. The number of alkyl halides is 3. The lowest BCUT2D eigenvalue weighted by atomic mass is 10.3. The molecule has 1 aromatic rings. The van der Waals surface area contributed by atoms with Crippen LogP contribution in [0.15, 0.2) is 6.20 Å². The molecule has 1 fully saturated rings. The fourth-order valence-electron chi connectivity index (χ4n) is 1.90. The molecule has 1 aliphatic heterocycles. The van der Waals surface area contributed by atoms with E-state index in [9.17, 15) is 13.2 Å². The third-order valence-corrected chi connectivity index (χ3v) is 3.76. The quantitative estimate of drug-likeness (QED) is 0.925. The Morgan fingerprint density at radius 1 is 1.47 bits per heavy atom. The van der Waals surface area contributed by atoms with Gasteiger partial charge in [0.25, 0.3) is 0 Å². The van der Waals surface area contributed by atoms with Crippen LogP contribution in [0.4, 0.5) is 18.3 Å². The van der Waals surface area contributed by atoms with Gasteiger partial charge in [-0.25, -0.2) is 4.98 Å². The summed E-state index contributed by atoms with van der Waals surface area (Å²) in [5, 5.41) is 3.32. The van der Waals surface area contributed by atoms with Crippen LogP contribution in [0.25, 0.3) is 0 Å². The Bertz CT molecular complexity index is 404. The van der Waals surface area contributed by atoms with E-state index in [1.165, 1.54) is 0 Å². The van der Waals surface area contributed by atoms with Crippen LogP contribution in [0.1, 0.15) is 11.8 Å². The molecule has 1 atom stereocenters. The van der Waals surface area contributed by atoms with Crippen LogP contribution in [0.3, 0.4) is 0 Å². The molecular formula is C11H16F3N3OS. The van der Waals surface area contributed by atoms with Crippen molar-refractivity contribution < 1.29 is 17.9 Å². The summed E-state index contributed by atoms with van der Waals surface area (Å²) < 4.78 is 42.5. The first-order chi connectivity index (χ1) is 8.95. The maximum Gasteiger partial charge on any atom is 0.427 e. The van der Waals surface area contributed by atoms with E-state index in [0.717, 1.165) is 25.8 Å². The Labute approximate surface area is 113 Å². The van der Waals surface area contributed by atoms with E-state index >= 15 is 0 Å². The summed E-state index contributed by atoms with van der Waals surface area (Å²) in [6, 6.07) is 0.0466. The van der Waals surface area contributed by atoms with E-state index in [4.69, 9.17) is 4.74 Å². The summed E-state index contributed by atoms with van der Waals surface area (Å²) >= 11 is 0.640. The lowest BCUT2D eigenvalue weighted by Gasteiger charge is -2.29. The molecule has 2 heterocycles. The number of nitrogens with one attached hydrogen (secondary N) is 1. The molecule has 1 N–H and O–H groups in total. The van der Waals surface area contributed by atoms with Gasteiger partial charge in [-0.2, -0.15) is 13.2 Å². The Balaban J connectivity index is 1.84. The molecule has 1 saturated heterocycles. The zero-order valence-corrected chi connectivity index (χ0v) is 11.4. The highest BCUT2D eigenvalue weighted by atomic mass is 32.1. The van der Waals surface area contributed by atoms with Crippen LogP contribution in [-0.4, -0.2) is 48.8 Å². The first kappa shape index (κ1) is 14.5. The zero-order chi connectivity index (χ0) is 13.9. The minimum absolute atomic E-state index is 0.0466. The largest absolute Gasteiger partial charge is 0.427 e. The van der Waals surface area contributed by atoms with Crippen molar-refractivity contribution in [2.24, 2.45) is 0 Å². The molecule has 108 valence electrons. The van der Waals surface area contributed by atoms with Gasteiger partial charge in [0.05, 0.1) is 19.4 Å². The Hall–Kier alpha value is -0.860. The van der Waals surface area contributed by atoms with Crippen molar-refractivity contribution in [2.45, 2.75) is 19.1 Å². The van der Waals surface area contributed by atoms with Gasteiger partial charge in [-0.05, 0) is 6.92 Å². The molecule has 1 aromatic heterocycles. The Morgan fingerprint density at radius 3 is 2.74 bits per heavy atom. The highest BCUT2D eigenvalue weighted by Gasteiger charge is 2.33. The van der Waals surface area contributed by atoms with Gasteiger partial charge in [0, 0.05) is 25.7 Å². The van der Waals surface area contributed by atoms with Crippen molar-refractivity contribution in [1.29, 1.82) is 0 Å². The van der Waals surface area contributed by atoms with Crippen LogP contribution in [-0.2, 0) is 10.9 Å². The molecule has 19 heavy (non-hydrogen) atoms. The molecule has 0 amide bonds. The molecule has 0 aromatic carbocycles. The van der Waals surface area contributed by atoms with Crippen LogP contribution in [0, 0.1) is 0 Å². The van der Waals surface area contributed by atoms with E-state index < -0.39 is 11.1 Å². The van der Waals surface area contributed by atoms with E-state index in [1.54, 1.807) is 0 Å². The molecule has 8 heteroatoms. The van der Waals surface area contributed by atoms with E-state index in [0.29, 0.717) is 29.7 Å². The SMILES string of the molecule is CC(CN1CCOCC1)Nc1ncc(C(F)(F)F)s1. The number of rotatable bonds is 4. The van der Waals surface area contributed by atoms with Crippen molar-refractivity contribution in [3.05, 3.63) is 11.1 Å². The summed E-state index contributed by atoms with van der Waals surface area (Å²) in [6.07, 6.45) is -3.44. The van der Waals surface area contributed by atoms with Gasteiger partial charge >= 0.3 is 6.18 Å². The first-order valence-corrected chi connectivity index (χ1v) is 6.86. The molecule has 1 unspecified atom stereocenters. The second-order valence-corrected chi connectivity index (χ2v) is 5.52. The number of aromatic nitrogens is 1. The molecule has 2 rings (SSSR count). The maximum absolute atomic E-state index is 12.4. The molecule has 0 saturated carbocycles. The monoisotopic (exact) mass is 295 g/mol. The van der Waals surface area contributed by atoms with Gasteiger partial charge in [0.2, 0.25) is 0 Å². The minimum atomic E-state index is -4.31. The van der Waals surface area contributed by atoms with Crippen molar-refractivity contribution >= 4 is 16.5 Å². The average molecular weight is 295 g/mol. The third kappa shape index (κ3) is 4.32. The molecule has 0 spiro atoms. The van der Waals surface area contributed by atoms with Gasteiger partial charge in [0.1, 0.15) is 4.88 Å². The van der Waals surface area contributed by atoms with Gasteiger partial charge in [0.15, 0.2) is 5.13 Å². The van der Waals surface area contributed by atoms with E-state index in [2.05, 4.69) is 15.2 Å². The van der Waals surface area contributed by atoms with Gasteiger partial charge < -0.3 is 10.1 Å². The second-order valence-electron chi connectivity index (χ2n) is 4.49. The average Bonchev–Trinajstić information content (AvgIpc) is 2.78. The first-order valence-electron chi connectivity index (χ1n) is 6.05. The molecule has 0 aliphatic carbocycles. The summed E-state index contributed by atoms with van der Waals surface area (Å²) in [5.41, 5.74) is 0. The van der Waals surface area contributed by atoms with Crippen molar-refractivity contribution in [3.63, 3.8) is 0 Å². The highest BCUT2D eigenvalue weighted by molar-refractivity contribution is 7.15. The van der Waals surface area contributed by atoms with Gasteiger partial charge in [-0.3, -0.25) is 4.90 Å². The summed E-state index contributed by atoms with van der Waals surface area (Å²) in [6.45, 7) is 5.84. The summed E-state index contributed by atoms with van der Waals surface area (Å²) in [7, 11) is 0. The predicted molar refractivity (Wildman–Crippen MR) is 67.5 cm³/mol. The molecule has 1 aliphatic rings. The molecule has 4 nitrogen and oxygen atoms in total. The predicted octanol–water partition coefficient (Wildman–Crippen LogP) is 2.29. The smallest absolute Gasteiger partial charge is 0.379 e. The summed E-state index contributed by atoms with van der Waals surface area (Å²) in [4.78, 5) is 5.31. The number of ether oxygens (including phenoxy) is 1. The number of hydrogen-bond acceptors (Lipinski definition) is 5. The summed E-state index contributed by atoms with van der Waals surface area (Å²) in [5.74, 6) is 0. The fraction of sp³-hybridized carbons (Fsp3) is 0.727. The minimum Gasteiger partial charge on any atom is -0.379 e. The van der Waals surface area contributed by atoms with Gasteiger partial charge in [-0.15, -0.1) is 0 Å². The number of nitrogens with zero attached hydrogens (tertiary/aromatic N) is 2. The van der Waals surface area contributed by atoms with Crippen molar-refractivity contribution in [3.8, 4) is 0 Å². The number of anilines is 1. The van der Waals surface area contributed by atoms with Crippen LogP contribution in [0.5, 0.6) is 0 Å². The Kier molecular flexibility index (Phi) is 4.64. The van der Waals surface area contributed by atoms with E-state index in [-0.39, 0.29) is 6.04 Å². The van der Waals surface area contributed by atoms with E-state index in [1.807, 2.05) is 6.92 Å². The number of thiazole rings is 1. The Morgan fingerprint density at radius 2 is 2.16 bits per heavy atom. The highest BCUT2D eigenvalue weighted by Crippen LogP contribution is 2.35. The van der Waals surface area contributed by atoms with Gasteiger partial charge in [-0.1, -0.05) is 11.3 Å². The van der Waals surface area contributed by atoms with Crippen molar-refractivity contribution in [2.75, 3.05) is 38.2 Å².